The summed E-state index contributed by atoms with van der Waals surface area (Å²) in [5.74, 6) is 0. The first kappa shape index (κ1) is 11.7. The van der Waals surface area contributed by atoms with E-state index in [9.17, 15) is 0 Å². The van der Waals surface area contributed by atoms with Crippen LogP contribution < -0.4 is 5.32 Å². The third kappa shape index (κ3) is 3.88. The lowest BCUT2D eigenvalue weighted by molar-refractivity contribution is 0.0809. The molecule has 0 aliphatic rings. The molecule has 0 saturated heterocycles. The molecule has 0 rings (SSSR count). The molecule has 2 nitrogen and oxygen atoms in total. The lowest BCUT2D eigenvalue weighted by Gasteiger charge is -2.22. The summed E-state index contributed by atoms with van der Waals surface area (Å²) in [6.07, 6.45) is 3.52. The minimum Gasteiger partial charge on any atom is -0.380 e. The summed E-state index contributed by atoms with van der Waals surface area (Å²) in [4.78, 5) is 0. The zero-order valence-corrected chi connectivity index (χ0v) is 8.85. The van der Waals surface area contributed by atoms with Gasteiger partial charge in [-0.2, -0.15) is 0 Å². The topological polar surface area (TPSA) is 21.3 Å². The summed E-state index contributed by atoms with van der Waals surface area (Å²) in [5.41, 5.74) is 1.32. The summed E-state index contributed by atoms with van der Waals surface area (Å²) in [6.45, 7) is 6.34. The van der Waals surface area contributed by atoms with Gasteiger partial charge in [-0.1, -0.05) is 18.6 Å². The molecule has 12 heavy (non-hydrogen) atoms. The summed E-state index contributed by atoms with van der Waals surface area (Å²) in [6, 6.07) is 0.338. The van der Waals surface area contributed by atoms with Gasteiger partial charge in [0.05, 0.1) is 12.1 Å². The normalized spacial score (nSPS) is 15.4. The maximum absolute atomic E-state index is 5.35. The van der Waals surface area contributed by atoms with E-state index in [1.807, 2.05) is 7.05 Å². The smallest absolute Gasteiger partial charge is 0.0757 e. The zero-order valence-electron chi connectivity index (χ0n) is 8.85. The molecule has 0 amide bonds. The van der Waals surface area contributed by atoms with Crippen LogP contribution in [0.1, 0.15) is 27.2 Å². The molecule has 72 valence electrons. The van der Waals surface area contributed by atoms with Crippen LogP contribution >= 0.6 is 0 Å². The Morgan fingerprint density at radius 2 is 2.08 bits per heavy atom. The van der Waals surface area contributed by atoms with E-state index in [2.05, 4.69) is 32.2 Å². The van der Waals surface area contributed by atoms with Crippen LogP contribution in [-0.2, 0) is 4.74 Å². The van der Waals surface area contributed by atoms with E-state index >= 15 is 0 Å². The Bertz CT molecular complexity index is 135. The average Bonchev–Trinajstić information content (AvgIpc) is 2.04. The van der Waals surface area contributed by atoms with Crippen LogP contribution in [0.2, 0.25) is 0 Å². The number of hydrogen-bond acceptors (Lipinski definition) is 2. The van der Waals surface area contributed by atoms with E-state index in [1.54, 1.807) is 7.11 Å². The molecule has 0 bridgehead atoms. The van der Waals surface area contributed by atoms with Crippen molar-refractivity contribution in [2.75, 3.05) is 14.2 Å². The first-order chi connectivity index (χ1) is 5.65. The van der Waals surface area contributed by atoms with E-state index in [-0.39, 0.29) is 6.10 Å². The van der Waals surface area contributed by atoms with Gasteiger partial charge in [0, 0.05) is 7.11 Å². The number of hydrogen-bond donors (Lipinski definition) is 1. The molecule has 0 aromatic carbocycles. The largest absolute Gasteiger partial charge is 0.380 e. The fraction of sp³-hybridized carbons (Fsp3) is 0.800. The van der Waals surface area contributed by atoms with Gasteiger partial charge < -0.3 is 10.1 Å². The Morgan fingerprint density at radius 3 is 2.33 bits per heavy atom. The van der Waals surface area contributed by atoms with E-state index in [0.29, 0.717) is 6.04 Å². The van der Waals surface area contributed by atoms with Crippen molar-refractivity contribution in [2.45, 2.75) is 39.3 Å². The predicted octanol–water partition coefficient (Wildman–Crippen LogP) is 1.97. The maximum Gasteiger partial charge on any atom is 0.0757 e. The summed E-state index contributed by atoms with van der Waals surface area (Å²) in [7, 11) is 3.73. The lowest BCUT2D eigenvalue weighted by Crippen LogP contribution is -2.36. The minimum atomic E-state index is 0.282. The van der Waals surface area contributed by atoms with Crippen LogP contribution in [0.25, 0.3) is 0 Å². The van der Waals surface area contributed by atoms with Crippen LogP contribution in [0, 0.1) is 0 Å². The van der Waals surface area contributed by atoms with Crippen molar-refractivity contribution < 1.29 is 4.74 Å². The first-order valence-electron chi connectivity index (χ1n) is 4.50. The van der Waals surface area contributed by atoms with E-state index in [0.717, 1.165) is 6.42 Å². The number of ether oxygens (including phenoxy) is 1. The minimum absolute atomic E-state index is 0.282. The Hall–Kier alpha value is -0.340. The van der Waals surface area contributed by atoms with E-state index < -0.39 is 0 Å². The van der Waals surface area contributed by atoms with Crippen LogP contribution in [0.5, 0.6) is 0 Å². The Morgan fingerprint density at radius 1 is 1.50 bits per heavy atom. The summed E-state index contributed by atoms with van der Waals surface area (Å²) >= 11 is 0. The molecule has 2 unspecified atom stereocenters. The third-order valence-corrected chi connectivity index (χ3v) is 1.95. The molecule has 0 heterocycles. The predicted molar refractivity (Wildman–Crippen MR) is 53.4 cm³/mol. The van der Waals surface area contributed by atoms with Crippen LogP contribution in [0.3, 0.4) is 0 Å². The van der Waals surface area contributed by atoms with Gasteiger partial charge in [-0.05, 0) is 27.3 Å². The van der Waals surface area contributed by atoms with Crippen molar-refractivity contribution in [1.29, 1.82) is 0 Å². The van der Waals surface area contributed by atoms with Gasteiger partial charge >= 0.3 is 0 Å². The summed E-state index contributed by atoms with van der Waals surface area (Å²) < 4.78 is 5.35. The van der Waals surface area contributed by atoms with Gasteiger partial charge in [0.25, 0.3) is 0 Å². The second-order valence-electron chi connectivity index (χ2n) is 3.24. The van der Waals surface area contributed by atoms with Gasteiger partial charge in [0.2, 0.25) is 0 Å². The second kappa shape index (κ2) is 6.21. The van der Waals surface area contributed by atoms with Gasteiger partial charge in [0.1, 0.15) is 0 Å². The average molecular weight is 171 g/mol. The maximum atomic E-state index is 5.35. The van der Waals surface area contributed by atoms with E-state index in [1.165, 1.54) is 5.57 Å². The highest BCUT2D eigenvalue weighted by Gasteiger charge is 2.14. The number of allylic oxidation sites excluding steroid dienone is 1. The molecule has 2 atom stereocenters. The standard InChI is InChI=1S/C10H21NO/c1-6-10(12-5)9(11-4)7-8(2)3/h7,9-11H,6H2,1-5H3. The van der Waals surface area contributed by atoms with Crippen LogP contribution in [0.15, 0.2) is 11.6 Å². The Labute approximate surface area is 76.0 Å². The van der Waals surface area contributed by atoms with Gasteiger partial charge in [0.15, 0.2) is 0 Å². The molecule has 0 aliphatic heterocycles. The lowest BCUT2D eigenvalue weighted by atomic mass is 10.1. The molecule has 0 radical (unpaired) electrons. The highest BCUT2D eigenvalue weighted by molar-refractivity contribution is 5.03. The monoisotopic (exact) mass is 171 g/mol. The molecular weight excluding hydrogens is 150 g/mol. The Kier molecular flexibility index (Phi) is 6.03. The molecule has 1 N–H and O–H groups in total. The molecule has 0 fully saturated rings. The second-order valence-corrected chi connectivity index (χ2v) is 3.24. The molecule has 2 heteroatoms. The molecule has 0 spiro atoms. The fourth-order valence-electron chi connectivity index (χ4n) is 1.30. The van der Waals surface area contributed by atoms with Crippen molar-refractivity contribution in [2.24, 2.45) is 0 Å². The van der Waals surface area contributed by atoms with Crippen LogP contribution in [-0.4, -0.2) is 26.3 Å². The Balaban J connectivity index is 4.21. The molecule has 0 aromatic rings. The zero-order chi connectivity index (χ0) is 9.56. The number of methoxy groups -OCH3 is 1. The van der Waals surface area contributed by atoms with Crippen LogP contribution in [0.4, 0.5) is 0 Å². The van der Waals surface area contributed by atoms with Gasteiger partial charge in [-0.3, -0.25) is 0 Å². The highest BCUT2D eigenvalue weighted by atomic mass is 16.5. The van der Waals surface area contributed by atoms with Crippen molar-refractivity contribution in [3.05, 3.63) is 11.6 Å². The van der Waals surface area contributed by atoms with Crippen molar-refractivity contribution in [1.82, 2.24) is 5.32 Å². The van der Waals surface area contributed by atoms with Crippen molar-refractivity contribution in [3.63, 3.8) is 0 Å². The molecule has 0 aromatic heterocycles. The number of likely N-dealkylation sites (N-methyl/N-ethyl adjacent to an activating group) is 1. The molecular formula is C10H21NO. The van der Waals surface area contributed by atoms with E-state index in [4.69, 9.17) is 4.74 Å². The van der Waals surface area contributed by atoms with Gasteiger partial charge in [-0.15, -0.1) is 0 Å². The highest BCUT2D eigenvalue weighted by Crippen LogP contribution is 2.06. The van der Waals surface area contributed by atoms with Crippen molar-refractivity contribution >= 4 is 0 Å². The quantitative estimate of drug-likeness (QED) is 0.638. The number of rotatable bonds is 5. The first-order valence-corrected chi connectivity index (χ1v) is 4.50. The fourth-order valence-corrected chi connectivity index (χ4v) is 1.30. The molecule has 0 aliphatic carbocycles. The number of nitrogens with one attached hydrogen (secondary N) is 1. The van der Waals surface area contributed by atoms with Crippen molar-refractivity contribution in [3.8, 4) is 0 Å². The van der Waals surface area contributed by atoms with Gasteiger partial charge in [-0.25, -0.2) is 0 Å². The summed E-state index contributed by atoms with van der Waals surface area (Å²) in [5, 5.41) is 3.23. The third-order valence-electron chi connectivity index (χ3n) is 1.95. The SMILES string of the molecule is CCC(OC)C(C=C(C)C)NC. The molecule has 0 saturated carbocycles.